The molecule has 1 heterocycles. The van der Waals surface area contributed by atoms with Gasteiger partial charge in [-0.3, -0.25) is 0 Å². The Bertz CT molecular complexity index is 348. The molecule has 0 radical (unpaired) electrons. The minimum absolute atomic E-state index is 0.0925. The summed E-state index contributed by atoms with van der Waals surface area (Å²) in [7, 11) is 0. The minimum atomic E-state index is -1.23. The second-order valence-corrected chi connectivity index (χ2v) is 6.13. The van der Waals surface area contributed by atoms with Gasteiger partial charge in [0.25, 0.3) is 0 Å². The highest BCUT2D eigenvalue weighted by Gasteiger charge is 2.51. The third kappa shape index (κ3) is 2.08. The fourth-order valence-corrected chi connectivity index (χ4v) is 1.33. The van der Waals surface area contributed by atoms with E-state index in [0.717, 1.165) is 0 Å². The number of alkyl halides is 1. The number of halogens is 1. The lowest BCUT2D eigenvalue weighted by Crippen LogP contribution is -2.70. The summed E-state index contributed by atoms with van der Waals surface area (Å²) in [4.78, 5) is 15.8. The molecule has 1 aliphatic heterocycles. The van der Waals surface area contributed by atoms with Crippen molar-refractivity contribution >= 4 is 34.5 Å². The molecule has 6 N–H and O–H groups in total. The standard InChI is InChI=1S/C9H17IN4O2/c1-4-7(2)6(15)16-5(14-7)9(10,13)8(3,11)12/h4,11-13H2,1-3H3. The van der Waals surface area contributed by atoms with Gasteiger partial charge in [0.05, 0.1) is 5.66 Å². The van der Waals surface area contributed by atoms with Crippen LogP contribution in [0.4, 0.5) is 0 Å². The van der Waals surface area contributed by atoms with E-state index in [0.29, 0.717) is 6.42 Å². The van der Waals surface area contributed by atoms with Gasteiger partial charge in [0.2, 0.25) is 5.90 Å². The van der Waals surface area contributed by atoms with Crippen molar-refractivity contribution in [1.82, 2.24) is 0 Å². The quantitative estimate of drug-likeness (QED) is 0.217. The Balaban J connectivity index is 3.11. The summed E-state index contributed by atoms with van der Waals surface area (Å²) in [6.07, 6.45) is 0.536. The molecule has 0 aromatic carbocycles. The van der Waals surface area contributed by atoms with E-state index in [4.69, 9.17) is 21.9 Å². The Morgan fingerprint density at radius 1 is 1.50 bits per heavy atom. The maximum atomic E-state index is 11.6. The smallest absolute Gasteiger partial charge is 0.340 e. The first kappa shape index (κ1) is 13.8. The molecular formula is C9H17IN4O2. The van der Waals surface area contributed by atoms with Crippen LogP contribution in [0.15, 0.2) is 4.99 Å². The molecule has 1 rings (SSSR count). The molecule has 0 aromatic rings. The molecule has 92 valence electrons. The molecular weight excluding hydrogens is 323 g/mol. The molecule has 0 bridgehead atoms. The molecule has 0 amide bonds. The summed E-state index contributed by atoms with van der Waals surface area (Å²) in [5, 5.41) is 0. The molecule has 0 fully saturated rings. The highest BCUT2D eigenvalue weighted by Crippen LogP contribution is 2.32. The van der Waals surface area contributed by atoms with Crippen molar-refractivity contribution in [2.24, 2.45) is 22.2 Å². The average molecular weight is 340 g/mol. The number of carbonyl (C=O) groups excluding carboxylic acids is 1. The zero-order chi connectivity index (χ0) is 12.8. The van der Waals surface area contributed by atoms with Crippen LogP contribution < -0.4 is 17.2 Å². The first-order chi connectivity index (χ1) is 7.04. The number of hydrogen-bond donors (Lipinski definition) is 3. The van der Waals surface area contributed by atoms with Gasteiger partial charge in [-0.25, -0.2) is 9.79 Å². The first-order valence-corrected chi connectivity index (χ1v) is 6.00. The molecule has 0 aromatic heterocycles. The topological polar surface area (TPSA) is 117 Å². The van der Waals surface area contributed by atoms with Crippen LogP contribution in [0, 0.1) is 0 Å². The predicted molar refractivity (Wildman–Crippen MR) is 69.9 cm³/mol. The van der Waals surface area contributed by atoms with Gasteiger partial charge in [0.15, 0.2) is 9.08 Å². The maximum absolute atomic E-state index is 11.6. The Morgan fingerprint density at radius 2 is 2.00 bits per heavy atom. The Morgan fingerprint density at radius 3 is 2.31 bits per heavy atom. The van der Waals surface area contributed by atoms with E-state index in [1.807, 2.05) is 29.5 Å². The summed E-state index contributed by atoms with van der Waals surface area (Å²) in [5.41, 5.74) is 15.3. The van der Waals surface area contributed by atoms with Crippen molar-refractivity contribution in [2.75, 3.05) is 0 Å². The number of carbonyl (C=O) groups is 1. The van der Waals surface area contributed by atoms with Gasteiger partial charge in [-0.15, -0.1) is 0 Å². The second-order valence-electron chi connectivity index (χ2n) is 4.43. The van der Waals surface area contributed by atoms with Gasteiger partial charge in [0, 0.05) is 0 Å². The van der Waals surface area contributed by atoms with Gasteiger partial charge < -0.3 is 21.9 Å². The number of nitrogens with zero attached hydrogens (tertiary/aromatic N) is 1. The molecule has 7 heteroatoms. The van der Waals surface area contributed by atoms with Crippen molar-refractivity contribution < 1.29 is 9.53 Å². The number of esters is 1. The maximum Gasteiger partial charge on any atom is 0.340 e. The monoisotopic (exact) mass is 340 g/mol. The van der Waals surface area contributed by atoms with E-state index in [2.05, 4.69) is 4.99 Å². The number of nitrogens with two attached hydrogens (primary N) is 3. The van der Waals surface area contributed by atoms with E-state index in [1.54, 1.807) is 13.8 Å². The third-order valence-electron chi connectivity index (χ3n) is 2.76. The fraction of sp³-hybridized carbons (Fsp3) is 0.778. The van der Waals surface area contributed by atoms with E-state index in [-0.39, 0.29) is 5.90 Å². The largest absolute Gasteiger partial charge is 0.407 e. The summed E-state index contributed by atoms with van der Waals surface area (Å²) in [6, 6.07) is 0. The summed E-state index contributed by atoms with van der Waals surface area (Å²) < 4.78 is 3.86. The number of cyclic esters (lactones) is 1. The second kappa shape index (κ2) is 3.90. The molecule has 1 aliphatic rings. The number of aliphatic imine (C=N–C) groups is 1. The summed E-state index contributed by atoms with van der Waals surface area (Å²) in [5.74, 6) is -0.323. The Labute approximate surface area is 108 Å². The zero-order valence-electron chi connectivity index (χ0n) is 9.58. The highest BCUT2D eigenvalue weighted by atomic mass is 127. The first-order valence-electron chi connectivity index (χ1n) is 4.93. The van der Waals surface area contributed by atoms with Crippen molar-refractivity contribution in [2.45, 2.75) is 41.9 Å². The van der Waals surface area contributed by atoms with E-state index in [1.165, 1.54) is 0 Å². The van der Waals surface area contributed by atoms with Crippen LogP contribution >= 0.6 is 22.6 Å². The van der Waals surface area contributed by atoms with Crippen LogP contribution in [0.1, 0.15) is 27.2 Å². The molecule has 0 aliphatic carbocycles. The lowest BCUT2D eigenvalue weighted by Gasteiger charge is -2.34. The highest BCUT2D eigenvalue weighted by molar-refractivity contribution is 14.1. The lowest BCUT2D eigenvalue weighted by atomic mass is 10.0. The van der Waals surface area contributed by atoms with Gasteiger partial charge in [-0.1, -0.05) is 6.92 Å². The summed E-state index contributed by atoms with van der Waals surface area (Å²) in [6.45, 7) is 5.10. The van der Waals surface area contributed by atoms with Crippen molar-refractivity contribution in [3.8, 4) is 0 Å². The molecule has 0 saturated heterocycles. The summed E-state index contributed by atoms with van der Waals surface area (Å²) >= 11 is 1.85. The number of hydrogen-bond acceptors (Lipinski definition) is 6. The molecule has 6 nitrogen and oxygen atoms in total. The van der Waals surface area contributed by atoms with Crippen molar-refractivity contribution in [3.63, 3.8) is 0 Å². The fourth-order valence-electron chi connectivity index (χ4n) is 1.10. The lowest BCUT2D eigenvalue weighted by molar-refractivity contribution is -0.138. The average Bonchev–Trinajstić information content (AvgIpc) is 2.43. The van der Waals surface area contributed by atoms with Gasteiger partial charge in [-0.2, -0.15) is 0 Å². The van der Waals surface area contributed by atoms with Crippen LogP contribution in [0.25, 0.3) is 0 Å². The number of ether oxygens (including phenoxy) is 1. The van der Waals surface area contributed by atoms with Gasteiger partial charge >= 0.3 is 5.97 Å². The minimum Gasteiger partial charge on any atom is -0.407 e. The molecule has 0 saturated carbocycles. The normalized spacial score (nSPS) is 29.7. The van der Waals surface area contributed by atoms with Gasteiger partial charge in [-0.05, 0) is 42.9 Å². The van der Waals surface area contributed by atoms with Gasteiger partial charge in [0.1, 0.15) is 0 Å². The Hall–Kier alpha value is -0.250. The predicted octanol–water partition coefficient (Wildman–Crippen LogP) is -0.166. The van der Waals surface area contributed by atoms with Crippen molar-refractivity contribution in [1.29, 1.82) is 0 Å². The molecule has 16 heavy (non-hydrogen) atoms. The van der Waals surface area contributed by atoms with Crippen LogP contribution in [0.3, 0.4) is 0 Å². The molecule has 2 unspecified atom stereocenters. The van der Waals surface area contributed by atoms with Crippen LogP contribution in [0.2, 0.25) is 0 Å². The molecule has 0 spiro atoms. The van der Waals surface area contributed by atoms with E-state index >= 15 is 0 Å². The van der Waals surface area contributed by atoms with E-state index in [9.17, 15) is 4.79 Å². The van der Waals surface area contributed by atoms with Crippen molar-refractivity contribution in [3.05, 3.63) is 0 Å². The molecule has 2 atom stereocenters. The number of rotatable bonds is 3. The van der Waals surface area contributed by atoms with Crippen LogP contribution in [0.5, 0.6) is 0 Å². The third-order valence-corrected chi connectivity index (χ3v) is 4.38. The van der Waals surface area contributed by atoms with Crippen LogP contribution in [-0.2, 0) is 9.53 Å². The van der Waals surface area contributed by atoms with E-state index < -0.39 is 20.7 Å². The Kier molecular flexibility index (Phi) is 3.36. The zero-order valence-corrected chi connectivity index (χ0v) is 11.7. The SMILES string of the molecule is CCC1(C)N=C(C(N)(I)C(C)(N)N)OC1=O. The van der Waals surface area contributed by atoms with Crippen LogP contribution in [-0.4, -0.2) is 26.6 Å².